The van der Waals surface area contributed by atoms with Gasteiger partial charge in [0, 0.05) is 11.3 Å². The lowest BCUT2D eigenvalue weighted by Gasteiger charge is -2.33. The number of hydrogen-bond acceptors (Lipinski definition) is 8. The second-order valence-corrected chi connectivity index (χ2v) is 8.11. The van der Waals surface area contributed by atoms with E-state index in [1.165, 1.54) is 14.2 Å². The van der Waals surface area contributed by atoms with Crippen molar-refractivity contribution in [1.29, 1.82) is 0 Å². The van der Waals surface area contributed by atoms with Crippen LogP contribution in [0.1, 0.15) is 22.6 Å². The number of nitrogens with zero attached hydrogens (tertiary/aromatic N) is 1. The Morgan fingerprint density at radius 3 is 2.14 bits per heavy atom. The molecule has 0 spiro atoms. The maximum atomic E-state index is 13.4. The molecule has 37 heavy (non-hydrogen) atoms. The van der Waals surface area contributed by atoms with Crippen LogP contribution in [0.3, 0.4) is 0 Å². The predicted octanol–water partition coefficient (Wildman–Crippen LogP) is 1.14. The Kier molecular flexibility index (Phi) is 7.18. The first kappa shape index (κ1) is 25.4. The summed E-state index contributed by atoms with van der Waals surface area (Å²) in [6, 6.07) is 20.1. The van der Waals surface area contributed by atoms with Crippen LogP contribution in [0.2, 0.25) is 0 Å². The Hall–Kier alpha value is -4.74. The van der Waals surface area contributed by atoms with E-state index in [4.69, 9.17) is 15.3 Å². The molecule has 190 valence electrons. The molecule has 3 amide bonds. The largest absolute Gasteiger partial charge is 0.497 e. The number of rotatable bonds is 7. The molecule has 1 aliphatic rings. The number of hydrazone groups is 1. The van der Waals surface area contributed by atoms with Crippen LogP contribution in [0.5, 0.6) is 11.5 Å². The van der Waals surface area contributed by atoms with Crippen LogP contribution >= 0.6 is 0 Å². The fourth-order valence-electron chi connectivity index (χ4n) is 4.23. The van der Waals surface area contributed by atoms with Crippen LogP contribution in [0.25, 0.3) is 0 Å². The number of ether oxygens (including phenoxy) is 2. The summed E-state index contributed by atoms with van der Waals surface area (Å²) in [5, 5.41) is 19.1. The Morgan fingerprint density at radius 2 is 1.54 bits per heavy atom. The smallest absolute Gasteiger partial charge is 0.330 e. The van der Waals surface area contributed by atoms with Crippen LogP contribution in [0, 0.1) is 0 Å². The van der Waals surface area contributed by atoms with Crippen molar-refractivity contribution < 1.29 is 29.0 Å². The maximum Gasteiger partial charge on any atom is 0.330 e. The third-order valence-corrected chi connectivity index (χ3v) is 6.07. The van der Waals surface area contributed by atoms with Crippen LogP contribution in [0.4, 0.5) is 5.69 Å². The summed E-state index contributed by atoms with van der Waals surface area (Å²) in [6.07, 6.45) is 0. The van der Waals surface area contributed by atoms with E-state index in [-0.39, 0.29) is 5.71 Å². The van der Waals surface area contributed by atoms with Crippen LogP contribution < -0.4 is 31.5 Å². The van der Waals surface area contributed by atoms with Crippen molar-refractivity contribution in [3.63, 3.8) is 0 Å². The number of nitrogens with one attached hydrogen (secondary N) is 3. The van der Waals surface area contributed by atoms with Gasteiger partial charge in [0.2, 0.25) is 0 Å². The number of aliphatic hydroxyl groups is 1. The normalized spacial score (nSPS) is 17.3. The van der Waals surface area contributed by atoms with Gasteiger partial charge in [-0.05, 0) is 53.6 Å². The van der Waals surface area contributed by atoms with Crippen molar-refractivity contribution in [3.8, 4) is 11.5 Å². The fourth-order valence-corrected chi connectivity index (χ4v) is 4.23. The van der Waals surface area contributed by atoms with Gasteiger partial charge in [0.05, 0.1) is 25.8 Å². The number of nitrogens with two attached hydrogens (primary N) is 1. The number of hydrogen-bond donors (Lipinski definition) is 5. The molecule has 11 nitrogen and oxygen atoms in total. The Balaban J connectivity index is 1.96. The third-order valence-electron chi connectivity index (χ3n) is 6.07. The average molecular weight is 504 g/mol. The number of fused-ring (bicyclic) bond motifs is 1. The van der Waals surface area contributed by atoms with Gasteiger partial charge >= 0.3 is 11.8 Å². The van der Waals surface area contributed by atoms with E-state index in [1.807, 2.05) is 0 Å². The minimum Gasteiger partial charge on any atom is -0.497 e. The molecule has 11 heteroatoms. The van der Waals surface area contributed by atoms with Crippen molar-refractivity contribution in [2.75, 3.05) is 19.5 Å². The quantitative estimate of drug-likeness (QED) is 0.106. The highest BCUT2D eigenvalue weighted by atomic mass is 16.5. The van der Waals surface area contributed by atoms with Crippen molar-refractivity contribution in [3.05, 3.63) is 89.5 Å². The van der Waals surface area contributed by atoms with E-state index < -0.39 is 29.2 Å². The molecular formula is C26H25N5O6. The van der Waals surface area contributed by atoms with Gasteiger partial charge in [-0.3, -0.25) is 19.8 Å². The molecule has 0 bridgehead atoms. The van der Waals surface area contributed by atoms with Crippen molar-refractivity contribution >= 4 is 29.1 Å². The second-order valence-electron chi connectivity index (χ2n) is 8.11. The number of methoxy groups -OCH3 is 2. The minimum atomic E-state index is -2.13. The highest BCUT2D eigenvalue weighted by molar-refractivity contribution is 6.35. The topological polar surface area (TPSA) is 164 Å². The second kappa shape index (κ2) is 10.5. The molecule has 4 rings (SSSR count). The lowest BCUT2D eigenvalue weighted by atomic mass is 9.73. The molecule has 1 aliphatic heterocycles. The number of carbonyl (C=O) groups excluding carboxylic acids is 3. The monoisotopic (exact) mass is 503 g/mol. The van der Waals surface area contributed by atoms with Crippen LogP contribution in [-0.4, -0.2) is 42.8 Å². The molecule has 2 atom stereocenters. The summed E-state index contributed by atoms with van der Waals surface area (Å²) < 4.78 is 10.5. The van der Waals surface area contributed by atoms with E-state index in [9.17, 15) is 19.5 Å². The van der Waals surface area contributed by atoms with E-state index >= 15 is 0 Å². The molecule has 0 fully saturated rings. The lowest BCUT2D eigenvalue weighted by Crippen LogP contribution is -2.45. The number of carbonyl (C=O) groups is 3. The highest BCUT2D eigenvalue weighted by Gasteiger charge is 2.54. The first-order chi connectivity index (χ1) is 17.8. The Bertz CT molecular complexity index is 1360. The van der Waals surface area contributed by atoms with Gasteiger partial charge in [0.1, 0.15) is 11.5 Å². The van der Waals surface area contributed by atoms with Gasteiger partial charge in [-0.25, -0.2) is 11.3 Å². The van der Waals surface area contributed by atoms with E-state index in [1.54, 1.807) is 78.2 Å². The fraction of sp³-hybridized carbons (Fsp3) is 0.154. The van der Waals surface area contributed by atoms with Crippen molar-refractivity contribution in [2.24, 2.45) is 10.9 Å². The van der Waals surface area contributed by atoms with Gasteiger partial charge < -0.3 is 19.9 Å². The summed E-state index contributed by atoms with van der Waals surface area (Å²) in [7, 11) is 3.03. The van der Waals surface area contributed by atoms with Gasteiger partial charge in [0.15, 0.2) is 5.60 Å². The SMILES string of the molecule is COc1ccc(/C(=N/NC(=O)C(=O)NN)[C@H](c2ccc(OC)cc2)[C@@]2(O)C(=O)Nc3ccccc32)cc1. The first-order valence-electron chi connectivity index (χ1n) is 11.1. The molecule has 0 radical (unpaired) electrons. The molecule has 0 saturated heterocycles. The molecule has 0 aliphatic carbocycles. The Labute approximate surface area is 212 Å². The van der Waals surface area contributed by atoms with Gasteiger partial charge in [0.25, 0.3) is 5.91 Å². The van der Waals surface area contributed by atoms with Crippen molar-refractivity contribution in [1.82, 2.24) is 10.9 Å². The number of benzene rings is 3. The van der Waals surface area contributed by atoms with E-state index in [2.05, 4.69) is 15.8 Å². The van der Waals surface area contributed by atoms with E-state index in [0.29, 0.717) is 33.9 Å². The van der Waals surface area contributed by atoms with Crippen LogP contribution in [0.15, 0.2) is 77.9 Å². The first-order valence-corrected chi connectivity index (χ1v) is 11.1. The number of hydrazine groups is 1. The molecule has 0 unspecified atom stereocenters. The number of amides is 3. The number of anilines is 1. The van der Waals surface area contributed by atoms with Gasteiger partial charge in [-0.15, -0.1) is 0 Å². The van der Waals surface area contributed by atoms with E-state index in [0.717, 1.165) is 0 Å². The molecule has 0 aromatic heterocycles. The molecule has 6 N–H and O–H groups in total. The molecule has 3 aromatic carbocycles. The van der Waals surface area contributed by atoms with Crippen LogP contribution in [-0.2, 0) is 20.0 Å². The molecule has 3 aromatic rings. The summed E-state index contributed by atoms with van der Waals surface area (Å²) in [4.78, 5) is 37.3. The zero-order valence-electron chi connectivity index (χ0n) is 20.0. The summed E-state index contributed by atoms with van der Waals surface area (Å²) >= 11 is 0. The zero-order valence-corrected chi connectivity index (χ0v) is 20.0. The predicted molar refractivity (Wildman–Crippen MR) is 135 cm³/mol. The van der Waals surface area contributed by atoms with Gasteiger partial charge in [-0.1, -0.05) is 30.3 Å². The van der Waals surface area contributed by atoms with Gasteiger partial charge in [-0.2, -0.15) is 5.10 Å². The maximum absolute atomic E-state index is 13.4. The summed E-state index contributed by atoms with van der Waals surface area (Å²) in [6.45, 7) is 0. The highest BCUT2D eigenvalue weighted by Crippen LogP contribution is 2.47. The molecule has 0 saturated carbocycles. The minimum absolute atomic E-state index is 0.0975. The lowest BCUT2D eigenvalue weighted by molar-refractivity contribution is -0.139. The molecule has 1 heterocycles. The zero-order chi connectivity index (χ0) is 26.6. The Morgan fingerprint density at radius 1 is 0.946 bits per heavy atom. The van der Waals surface area contributed by atoms with Crippen molar-refractivity contribution in [2.45, 2.75) is 11.5 Å². The summed E-state index contributed by atoms with van der Waals surface area (Å²) in [5.41, 5.74) is 3.57. The number of para-hydroxylation sites is 1. The third kappa shape index (κ3) is 4.73. The standard InChI is InChI=1S/C26H25N5O6/c1-36-17-11-7-15(8-12-17)21(26(35)19-5-3-4-6-20(19)28-25(26)34)22(30-31-24(33)23(32)29-27)16-9-13-18(37-2)14-10-16/h3-14,21,35H,27H2,1-2H3,(H,28,34)(H,29,32)(H,31,33)/b30-22-/t21-,26+/m0/s1. The molecular weight excluding hydrogens is 478 g/mol. The summed E-state index contributed by atoms with van der Waals surface area (Å²) in [5.74, 6) is 2.10. The average Bonchev–Trinajstić information content (AvgIpc) is 3.20.